The topological polar surface area (TPSA) is 60.3 Å². The minimum Gasteiger partial charge on any atom is -0.452 e. The Morgan fingerprint density at radius 1 is 1.03 bits per heavy atom. The maximum atomic E-state index is 13.2. The molecule has 0 radical (unpaired) electrons. The van der Waals surface area contributed by atoms with Gasteiger partial charge in [-0.25, -0.2) is 9.18 Å². The van der Waals surface area contributed by atoms with Gasteiger partial charge in [0.1, 0.15) is 5.82 Å². The van der Waals surface area contributed by atoms with Crippen molar-refractivity contribution in [3.05, 3.63) is 81.3 Å². The van der Waals surface area contributed by atoms with Crippen molar-refractivity contribution in [3.8, 4) is 5.69 Å². The van der Waals surface area contributed by atoms with Crippen LogP contribution in [-0.4, -0.2) is 23.1 Å². The first kappa shape index (κ1) is 20.9. The predicted octanol–water partition coefficient (Wildman–Crippen LogP) is 5.34. The van der Waals surface area contributed by atoms with Crippen LogP contribution in [0.1, 0.15) is 21.7 Å². The highest BCUT2D eigenvalue weighted by Gasteiger charge is 2.19. The third-order valence-electron chi connectivity index (χ3n) is 4.27. The Labute approximate surface area is 177 Å². The number of aryl methyl sites for hydroxylation is 1. The number of hydrogen-bond acceptors (Lipinski definition) is 3. The van der Waals surface area contributed by atoms with Crippen LogP contribution in [0.5, 0.6) is 0 Å². The lowest BCUT2D eigenvalue weighted by atomic mass is 10.2. The molecule has 0 unspecified atom stereocenters. The molecule has 0 spiro atoms. The Hall–Kier alpha value is -2.83. The summed E-state index contributed by atoms with van der Waals surface area (Å²) in [6, 6.07) is 12.2. The molecule has 2 aromatic carbocycles. The Morgan fingerprint density at radius 2 is 1.72 bits per heavy atom. The minimum atomic E-state index is -0.629. The molecule has 0 saturated heterocycles. The van der Waals surface area contributed by atoms with E-state index < -0.39 is 18.5 Å². The molecule has 1 N–H and O–H groups in total. The van der Waals surface area contributed by atoms with Gasteiger partial charge in [0.15, 0.2) is 6.61 Å². The molecule has 29 heavy (non-hydrogen) atoms. The van der Waals surface area contributed by atoms with Crippen molar-refractivity contribution in [1.82, 2.24) is 4.57 Å². The minimum absolute atomic E-state index is 0.301. The van der Waals surface area contributed by atoms with Crippen LogP contribution in [-0.2, 0) is 9.53 Å². The number of carbonyl (C=O) groups excluding carboxylic acids is 2. The highest BCUT2D eigenvalue weighted by Crippen LogP contribution is 2.25. The fourth-order valence-electron chi connectivity index (χ4n) is 2.94. The monoisotopic (exact) mass is 434 g/mol. The van der Waals surface area contributed by atoms with Crippen LogP contribution < -0.4 is 5.32 Å². The van der Waals surface area contributed by atoms with Crippen LogP contribution in [0, 0.1) is 19.7 Å². The van der Waals surface area contributed by atoms with Crippen LogP contribution in [0.15, 0.2) is 48.5 Å². The van der Waals surface area contributed by atoms with Gasteiger partial charge in [0.25, 0.3) is 5.91 Å². The van der Waals surface area contributed by atoms with Gasteiger partial charge < -0.3 is 14.6 Å². The zero-order chi connectivity index (χ0) is 21.1. The lowest BCUT2D eigenvalue weighted by Crippen LogP contribution is -2.21. The second kappa shape index (κ2) is 8.68. The molecule has 0 atom stereocenters. The van der Waals surface area contributed by atoms with Crippen LogP contribution in [0.3, 0.4) is 0 Å². The number of nitrogens with one attached hydrogen (secondary N) is 1. The molecule has 0 saturated carbocycles. The van der Waals surface area contributed by atoms with Gasteiger partial charge in [-0.2, -0.15) is 0 Å². The summed E-state index contributed by atoms with van der Waals surface area (Å²) >= 11 is 11.7. The molecule has 3 aromatic rings. The van der Waals surface area contributed by atoms with E-state index in [1.54, 1.807) is 37.3 Å². The summed E-state index contributed by atoms with van der Waals surface area (Å²) in [5.74, 6) is -1.48. The number of halogens is 3. The lowest BCUT2D eigenvalue weighted by Gasteiger charge is -2.10. The summed E-state index contributed by atoms with van der Waals surface area (Å²) in [5, 5.41) is 3.25. The third-order valence-corrected chi connectivity index (χ3v) is 5.01. The zero-order valence-corrected chi connectivity index (χ0v) is 17.1. The van der Waals surface area contributed by atoms with Crippen LogP contribution in [0.25, 0.3) is 5.69 Å². The van der Waals surface area contributed by atoms with Gasteiger partial charge in [-0.3, -0.25) is 4.79 Å². The molecule has 0 aliphatic carbocycles. The van der Waals surface area contributed by atoms with E-state index in [-0.39, 0.29) is 5.82 Å². The van der Waals surface area contributed by atoms with Crippen molar-refractivity contribution in [2.45, 2.75) is 13.8 Å². The number of carbonyl (C=O) groups is 2. The van der Waals surface area contributed by atoms with Crippen LogP contribution in [0.4, 0.5) is 10.1 Å². The maximum Gasteiger partial charge on any atom is 0.340 e. The average Bonchev–Trinajstić information content (AvgIpc) is 2.98. The molecule has 8 heteroatoms. The Bertz CT molecular complexity index is 1080. The summed E-state index contributed by atoms with van der Waals surface area (Å²) < 4.78 is 20.1. The molecule has 150 valence electrons. The summed E-state index contributed by atoms with van der Waals surface area (Å²) in [5.41, 5.74) is 2.90. The zero-order valence-electron chi connectivity index (χ0n) is 15.6. The third kappa shape index (κ3) is 4.78. The molecule has 0 aliphatic heterocycles. The van der Waals surface area contributed by atoms with Gasteiger partial charge in [-0.1, -0.05) is 23.2 Å². The number of ether oxygens (including phenoxy) is 1. The SMILES string of the molecule is Cc1cc(C(=O)OCC(=O)Nc2ccc(Cl)c(Cl)c2)c(C)n1-c1ccc(F)cc1. The number of esters is 1. The van der Waals surface area contributed by atoms with Crippen molar-refractivity contribution in [2.24, 2.45) is 0 Å². The number of hydrogen-bond donors (Lipinski definition) is 1. The molecular formula is C21H17Cl2FN2O3. The van der Waals surface area contributed by atoms with E-state index in [1.807, 2.05) is 11.5 Å². The van der Waals surface area contributed by atoms with E-state index >= 15 is 0 Å². The van der Waals surface area contributed by atoms with Crippen molar-refractivity contribution in [3.63, 3.8) is 0 Å². The second-order valence-corrected chi connectivity index (χ2v) is 7.16. The molecular weight excluding hydrogens is 418 g/mol. The molecule has 0 bridgehead atoms. The van der Waals surface area contributed by atoms with E-state index in [0.29, 0.717) is 27.0 Å². The van der Waals surface area contributed by atoms with E-state index in [2.05, 4.69) is 5.32 Å². The Morgan fingerprint density at radius 3 is 2.38 bits per heavy atom. The average molecular weight is 435 g/mol. The first-order chi connectivity index (χ1) is 13.8. The molecule has 0 aliphatic rings. The van der Waals surface area contributed by atoms with Gasteiger partial charge >= 0.3 is 5.97 Å². The number of nitrogens with zero attached hydrogens (tertiary/aromatic N) is 1. The molecule has 0 fully saturated rings. The van der Waals surface area contributed by atoms with Gasteiger partial charge in [0, 0.05) is 22.8 Å². The number of aromatic nitrogens is 1. The summed E-state index contributed by atoms with van der Waals surface area (Å²) in [6.45, 7) is 3.12. The predicted molar refractivity (Wildman–Crippen MR) is 111 cm³/mol. The quantitative estimate of drug-likeness (QED) is 0.551. The number of amides is 1. The van der Waals surface area contributed by atoms with Crippen LogP contribution >= 0.6 is 23.2 Å². The van der Waals surface area contributed by atoms with Gasteiger partial charge in [-0.05, 0) is 62.4 Å². The summed E-state index contributed by atoms with van der Waals surface area (Å²) in [6.07, 6.45) is 0. The van der Waals surface area contributed by atoms with Gasteiger partial charge in [0.05, 0.1) is 15.6 Å². The fourth-order valence-corrected chi connectivity index (χ4v) is 3.23. The smallest absolute Gasteiger partial charge is 0.340 e. The van der Waals surface area contributed by atoms with E-state index in [0.717, 1.165) is 11.4 Å². The lowest BCUT2D eigenvalue weighted by molar-refractivity contribution is -0.119. The highest BCUT2D eigenvalue weighted by atomic mass is 35.5. The molecule has 1 amide bonds. The molecule has 3 rings (SSSR count). The second-order valence-electron chi connectivity index (χ2n) is 6.35. The molecule has 1 aromatic heterocycles. The summed E-state index contributed by atoms with van der Waals surface area (Å²) in [7, 11) is 0. The van der Waals surface area contributed by atoms with Gasteiger partial charge in [0.2, 0.25) is 0 Å². The normalized spacial score (nSPS) is 10.7. The molecule has 1 heterocycles. The summed E-state index contributed by atoms with van der Waals surface area (Å²) in [4.78, 5) is 24.5. The number of anilines is 1. The van der Waals surface area contributed by atoms with Crippen molar-refractivity contribution in [1.29, 1.82) is 0 Å². The van der Waals surface area contributed by atoms with Crippen molar-refractivity contribution in [2.75, 3.05) is 11.9 Å². The molecule has 5 nitrogen and oxygen atoms in total. The fraction of sp³-hybridized carbons (Fsp3) is 0.143. The standard InChI is InChI=1S/C21H17Cl2FN2O3/c1-12-9-17(13(2)26(12)16-6-3-14(24)4-7-16)21(28)29-11-20(27)25-15-5-8-18(22)19(23)10-15/h3-10H,11H2,1-2H3,(H,25,27). The highest BCUT2D eigenvalue weighted by molar-refractivity contribution is 6.42. The number of benzene rings is 2. The van der Waals surface area contributed by atoms with Crippen molar-refractivity contribution < 1.29 is 18.7 Å². The van der Waals surface area contributed by atoms with Crippen LogP contribution in [0.2, 0.25) is 10.0 Å². The van der Waals surface area contributed by atoms with E-state index in [9.17, 15) is 14.0 Å². The van der Waals surface area contributed by atoms with E-state index in [4.69, 9.17) is 27.9 Å². The van der Waals surface area contributed by atoms with Crippen molar-refractivity contribution >= 4 is 40.8 Å². The van der Waals surface area contributed by atoms with Gasteiger partial charge in [-0.15, -0.1) is 0 Å². The first-order valence-electron chi connectivity index (χ1n) is 8.63. The first-order valence-corrected chi connectivity index (χ1v) is 9.39. The number of rotatable bonds is 5. The van der Waals surface area contributed by atoms with E-state index in [1.165, 1.54) is 18.2 Å². The largest absolute Gasteiger partial charge is 0.452 e. The Kier molecular flexibility index (Phi) is 6.25. The Balaban J connectivity index is 1.68. The maximum absolute atomic E-state index is 13.2.